The lowest BCUT2D eigenvalue weighted by atomic mass is 10.1. The summed E-state index contributed by atoms with van der Waals surface area (Å²) in [5.74, 6) is 2.29. The summed E-state index contributed by atoms with van der Waals surface area (Å²) in [4.78, 5) is 8.77. The van der Waals surface area contributed by atoms with Gasteiger partial charge in [-0.2, -0.15) is 26.4 Å². The zero-order valence-electron chi connectivity index (χ0n) is 12.9. The second-order valence-electron chi connectivity index (χ2n) is 5.17. The number of hydrogen-bond donors (Lipinski definition) is 2. The fraction of sp³-hybridized carbons (Fsp3) is 0.312. The third-order valence-corrected chi connectivity index (χ3v) is 4.25. The molecule has 0 aliphatic heterocycles. The minimum atomic E-state index is 0.148. The lowest BCUT2D eigenvalue weighted by molar-refractivity contribution is 0.282. The predicted octanol–water partition coefficient (Wildman–Crippen LogP) is 2.32. The molecule has 0 unspecified atom stereocenters. The average molecular weight is 329 g/mol. The fourth-order valence-electron chi connectivity index (χ4n) is 2.44. The van der Waals surface area contributed by atoms with Gasteiger partial charge in [-0.3, -0.25) is 0 Å². The molecule has 0 fully saturated rings. The molecule has 1 atom stereocenters. The number of aliphatic hydroxyl groups excluding tert-OH is 1. The molecule has 2 N–H and O–H groups in total. The number of aromatic nitrogens is 4. The molecule has 23 heavy (non-hydrogen) atoms. The summed E-state index contributed by atoms with van der Waals surface area (Å²) in [5, 5.41) is 16.9. The van der Waals surface area contributed by atoms with E-state index in [4.69, 9.17) is 0 Å². The van der Waals surface area contributed by atoms with Crippen LogP contribution in [-0.4, -0.2) is 49.3 Å². The van der Waals surface area contributed by atoms with Gasteiger partial charge in [0.2, 0.25) is 0 Å². The van der Waals surface area contributed by atoms with Gasteiger partial charge in [-0.25, -0.2) is 4.98 Å². The van der Waals surface area contributed by atoms with Gasteiger partial charge in [0, 0.05) is 30.0 Å². The lowest BCUT2D eigenvalue weighted by Crippen LogP contribution is -2.25. The Hall–Kier alpha value is -2.12. The minimum absolute atomic E-state index is 0.148. The van der Waals surface area contributed by atoms with Gasteiger partial charge in [0.1, 0.15) is 12.1 Å². The van der Waals surface area contributed by atoms with Crippen LogP contribution in [0.25, 0.3) is 17.0 Å². The number of fused-ring (bicyclic) bond motifs is 1. The molecule has 0 radical (unpaired) electrons. The van der Waals surface area contributed by atoms with E-state index in [1.165, 1.54) is 6.33 Å². The van der Waals surface area contributed by atoms with Crippen LogP contribution in [-0.2, 0) is 0 Å². The summed E-state index contributed by atoms with van der Waals surface area (Å²) in [6.45, 7) is 0.148. The number of aliphatic hydroxyl groups is 1. The Balaban J connectivity index is 1.99. The van der Waals surface area contributed by atoms with Crippen molar-refractivity contribution in [3.63, 3.8) is 0 Å². The normalized spacial score (nSPS) is 12.4. The number of rotatable bonds is 7. The van der Waals surface area contributed by atoms with Gasteiger partial charge in [0.25, 0.3) is 5.78 Å². The maximum Gasteiger partial charge on any atom is 0.254 e. The first kappa shape index (κ1) is 15.8. The first-order chi connectivity index (χ1) is 11.3. The van der Waals surface area contributed by atoms with Crippen molar-refractivity contribution >= 4 is 23.4 Å². The molecule has 7 heteroatoms. The molecular weight excluding hydrogens is 310 g/mol. The molecule has 3 rings (SSSR count). The predicted molar refractivity (Wildman–Crippen MR) is 93.7 cm³/mol. The van der Waals surface area contributed by atoms with Crippen molar-refractivity contribution in [2.75, 3.05) is 23.9 Å². The summed E-state index contributed by atoms with van der Waals surface area (Å²) < 4.78 is 1.69. The summed E-state index contributed by atoms with van der Waals surface area (Å²) in [5.41, 5.74) is 1.88. The molecule has 1 aromatic carbocycles. The Morgan fingerprint density at radius 1 is 1.30 bits per heavy atom. The van der Waals surface area contributed by atoms with Gasteiger partial charge in [-0.15, -0.1) is 0 Å². The van der Waals surface area contributed by atoms with Crippen LogP contribution in [0.1, 0.15) is 6.42 Å². The molecule has 0 aliphatic carbocycles. The van der Waals surface area contributed by atoms with Crippen molar-refractivity contribution < 1.29 is 5.11 Å². The van der Waals surface area contributed by atoms with E-state index in [1.54, 1.807) is 16.3 Å². The summed E-state index contributed by atoms with van der Waals surface area (Å²) in [6.07, 6.45) is 4.23. The van der Waals surface area contributed by atoms with E-state index >= 15 is 0 Å². The van der Waals surface area contributed by atoms with E-state index in [-0.39, 0.29) is 12.6 Å². The molecule has 3 aromatic rings. The Morgan fingerprint density at radius 2 is 2.13 bits per heavy atom. The van der Waals surface area contributed by atoms with Crippen LogP contribution in [0.2, 0.25) is 0 Å². The molecule has 120 valence electrons. The summed E-state index contributed by atoms with van der Waals surface area (Å²) in [6, 6.07) is 12.1. The Morgan fingerprint density at radius 3 is 2.87 bits per heavy atom. The Bertz CT molecular complexity index is 756. The molecule has 0 saturated heterocycles. The first-order valence-electron chi connectivity index (χ1n) is 7.44. The highest BCUT2D eigenvalue weighted by Crippen LogP contribution is 2.22. The fourth-order valence-corrected chi connectivity index (χ4v) is 3.09. The van der Waals surface area contributed by atoms with Crippen molar-refractivity contribution in [3.8, 4) is 11.3 Å². The van der Waals surface area contributed by atoms with Crippen LogP contribution in [0.3, 0.4) is 0 Å². The standard InChI is InChI=1S/C16H19N5OS/c1-23-10-13(7-8-22)19-15-9-14(12-5-3-2-4-6-12)20-16-17-11-18-21(15)16/h2-6,9,11,13,19,22H,7-8,10H2,1H3/t13-/m1/s1. The summed E-state index contributed by atoms with van der Waals surface area (Å²) >= 11 is 1.74. The van der Waals surface area contributed by atoms with Crippen LogP contribution >= 0.6 is 11.8 Å². The van der Waals surface area contributed by atoms with E-state index in [9.17, 15) is 5.11 Å². The van der Waals surface area contributed by atoms with E-state index in [1.807, 2.05) is 36.4 Å². The number of hydrogen-bond acceptors (Lipinski definition) is 6. The highest BCUT2D eigenvalue weighted by atomic mass is 32.2. The SMILES string of the molecule is CSC[C@@H](CCO)Nc1cc(-c2ccccc2)nc2ncnn12. The lowest BCUT2D eigenvalue weighted by Gasteiger charge is -2.18. The average Bonchev–Trinajstić information content (AvgIpc) is 3.05. The van der Waals surface area contributed by atoms with Gasteiger partial charge in [0.15, 0.2) is 0 Å². The highest BCUT2D eigenvalue weighted by Gasteiger charge is 2.13. The van der Waals surface area contributed by atoms with E-state index in [0.29, 0.717) is 12.2 Å². The van der Waals surface area contributed by atoms with Crippen molar-refractivity contribution in [3.05, 3.63) is 42.7 Å². The quantitative estimate of drug-likeness (QED) is 0.693. The van der Waals surface area contributed by atoms with Gasteiger partial charge in [-0.1, -0.05) is 30.3 Å². The smallest absolute Gasteiger partial charge is 0.254 e. The molecule has 6 nitrogen and oxygen atoms in total. The maximum atomic E-state index is 9.25. The number of thioether (sulfide) groups is 1. The molecule has 0 amide bonds. The molecule has 2 aromatic heterocycles. The van der Waals surface area contributed by atoms with Gasteiger partial charge >= 0.3 is 0 Å². The zero-order chi connectivity index (χ0) is 16.1. The van der Waals surface area contributed by atoms with Crippen LogP contribution in [0.15, 0.2) is 42.7 Å². The molecule has 0 saturated carbocycles. The summed E-state index contributed by atoms with van der Waals surface area (Å²) in [7, 11) is 0. The molecule has 0 aliphatic rings. The molecule has 0 bridgehead atoms. The highest BCUT2D eigenvalue weighted by molar-refractivity contribution is 7.98. The first-order valence-corrected chi connectivity index (χ1v) is 8.83. The van der Waals surface area contributed by atoms with E-state index in [0.717, 1.165) is 22.8 Å². The second-order valence-corrected chi connectivity index (χ2v) is 6.08. The van der Waals surface area contributed by atoms with Crippen LogP contribution in [0.4, 0.5) is 5.82 Å². The number of nitrogens with zero attached hydrogens (tertiary/aromatic N) is 4. The Labute approximate surface area is 139 Å². The van der Waals surface area contributed by atoms with Crippen molar-refractivity contribution in [1.82, 2.24) is 19.6 Å². The molecule has 2 heterocycles. The maximum absolute atomic E-state index is 9.25. The van der Waals surface area contributed by atoms with E-state index < -0.39 is 0 Å². The Kier molecular flexibility index (Phi) is 5.09. The number of benzene rings is 1. The van der Waals surface area contributed by atoms with Crippen molar-refractivity contribution in [1.29, 1.82) is 0 Å². The minimum Gasteiger partial charge on any atom is -0.396 e. The van der Waals surface area contributed by atoms with Gasteiger partial charge < -0.3 is 10.4 Å². The van der Waals surface area contributed by atoms with Crippen LogP contribution in [0, 0.1) is 0 Å². The van der Waals surface area contributed by atoms with Gasteiger partial charge in [0.05, 0.1) is 5.69 Å². The molecule has 0 spiro atoms. The number of nitrogens with one attached hydrogen (secondary N) is 1. The van der Waals surface area contributed by atoms with Crippen LogP contribution < -0.4 is 5.32 Å². The third kappa shape index (κ3) is 3.62. The van der Waals surface area contributed by atoms with Crippen molar-refractivity contribution in [2.45, 2.75) is 12.5 Å². The van der Waals surface area contributed by atoms with E-state index in [2.05, 4.69) is 26.6 Å². The zero-order valence-corrected chi connectivity index (χ0v) is 13.7. The monoisotopic (exact) mass is 329 g/mol. The van der Waals surface area contributed by atoms with Crippen LogP contribution in [0.5, 0.6) is 0 Å². The third-order valence-electron chi connectivity index (χ3n) is 3.52. The topological polar surface area (TPSA) is 75.3 Å². The van der Waals surface area contributed by atoms with Gasteiger partial charge in [-0.05, 0) is 12.7 Å². The molecular formula is C16H19N5OS. The largest absolute Gasteiger partial charge is 0.396 e. The van der Waals surface area contributed by atoms with Crippen molar-refractivity contribution in [2.24, 2.45) is 0 Å². The second kappa shape index (κ2) is 7.43. The number of anilines is 1.